The monoisotopic (exact) mass is 363 g/mol. The van der Waals surface area contributed by atoms with Gasteiger partial charge in [-0.05, 0) is 36.6 Å². The Balaban J connectivity index is 1.80. The van der Waals surface area contributed by atoms with E-state index in [-0.39, 0.29) is 11.7 Å². The zero-order chi connectivity index (χ0) is 18.2. The Morgan fingerprint density at radius 3 is 2.76 bits per heavy atom. The Labute approximate surface area is 150 Å². The summed E-state index contributed by atoms with van der Waals surface area (Å²) >= 11 is 1.28. The molecule has 134 valence electrons. The van der Waals surface area contributed by atoms with Crippen molar-refractivity contribution in [3.05, 3.63) is 46.0 Å². The summed E-state index contributed by atoms with van der Waals surface area (Å²) in [5.74, 6) is 1.47. The molecule has 1 aromatic heterocycles. The molecule has 0 spiro atoms. The van der Waals surface area contributed by atoms with Crippen molar-refractivity contribution in [2.45, 2.75) is 18.4 Å². The first-order chi connectivity index (χ1) is 12.0. The van der Waals surface area contributed by atoms with Crippen molar-refractivity contribution in [3.63, 3.8) is 0 Å². The minimum Gasteiger partial charge on any atom is -0.493 e. The Morgan fingerprint density at radius 2 is 2.04 bits per heavy atom. The van der Waals surface area contributed by atoms with Crippen LogP contribution >= 0.6 is 11.8 Å². The van der Waals surface area contributed by atoms with Gasteiger partial charge in [-0.15, -0.1) is 0 Å². The van der Waals surface area contributed by atoms with Crippen molar-refractivity contribution in [3.8, 4) is 11.5 Å². The fourth-order valence-corrected chi connectivity index (χ4v) is 2.98. The maximum absolute atomic E-state index is 11.9. The summed E-state index contributed by atoms with van der Waals surface area (Å²) in [6, 6.07) is 5.67. The van der Waals surface area contributed by atoms with E-state index in [1.165, 1.54) is 18.0 Å². The summed E-state index contributed by atoms with van der Waals surface area (Å²) < 4.78 is 10.5. The number of nitrogens with one attached hydrogen (secondary N) is 2. The van der Waals surface area contributed by atoms with Crippen LogP contribution in [0.4, 0.5) is 0 Å². The predicted molar refractivity (Wildman–Crippen MR) is 96.6 cm³/mol. The molecular formula is C17H21N3O4S. The molecular weight excluding hydrogens is 342 g/mol. The summed E-state index contributed by atoms with van der Waals surface area (Å²) in [4.78, 5) is 29.4. The molecule has 0 unspecified atom stereocenters. The molecule has 0 saturated carbocycles. The molecule has 0 radical (unpaired) electrons. The van der Waals surface area contributed by atoms with Gasteiger partial charge in [0.1, 0.15) is 0 Å². The van der Waals surface area contributed by atoms with Gasteiger partial charge < -0.3 is 19.8 Å². The average molecular weight is 363 g/mol. The lowest BCUT2D eigenvalue weighted by Crippen LogP contribution is -2.27. The van der Waals surface area contributed by atoms with Gasteiger partial charge in [0.2, 0.25) is 5.91 Å². The molecule has 2 N–H and O–H groups in total. The van der Waals surface area contributed by atoms with E-state index in [1.54, 1.807) is 14.2 Å². The number of aromatic nitrogens is 2. The van der Waals surface area contributed by atoms with Crippen LogP contribution in [-0.4, -0.2) is 42.4 Å². The molecule has 0 aliphatic rings. The number of nitrogens with zero attached hydrogens (tertiary/aromatic N) is 1. The van der Waals surface area contributed by atoms with E-state index < -0.39 is 5.69 Å². The summed E-state index contributed by atoms with van der Waals surface area (Å²) in [5.41, 5.74) is 1.46. The highest BCUT2D eigenvalue weighted by Gasteiger charge is 2.07. The van der Waals surface area contributed by atoms with Gasteiger partial charge in [0, 0.05) is 12.7 Å². The zero-order valence-electron chi connectivity index (χ0n) is 14.4. The molecule has 0 atom stereocenters. The van der Waals surface area contributed by atoms with Crippen LogP contribution in [0.2, 0.25) is 0 Å². The van der Waals surface area contributed by atoms with Crippen LogP contribution in [0.25, 0.3) is 0 Å². The molecule has 25 heavy (non-hydrogen) atoms. The number of aryl methyl sites for hydroxylation is 1. The van der Waals surface area contributed by atoms with Gasteiger partial charge in [-0.3, -0.25) is 4.79 Å². The smallest absolute Gasteiger partial charge is 0.345 e. The van der Waals surface area contributed by atoms with Crippen LogP contribution < -0.4 is 20.5 Å². The number of rotatable bonds is 8. The quantitative estimate of drug-likeness (QED) is 0.546. The van der Waals surface area contributed by atoms with Crippen molar-refractivity contribution in [1.82, 2.24) is 15.3 Å². The molecule has 0 aliphatic heterocycles. The predicted octanol–water partition coefficient (Wildman–Crippen LogP) is 1.55. The van der Waals surface area contributed by atoms with Gasteiger partial charge in [0.05, 0.1) is 25.0 Å². The molecule has 1 heterocycles. The number of hydrogen-bond donors (Lipinski definition) is 2. The minimum absolute atomic E-state index is 0.0949. The first kappa shape index (κ1) is 18.9. The summed E-state index contributed by atoms with van der Waals surface area (Å²) in [5, 5.41) is 3.52. The fraction of sp³-hybridized carbons (Fsp3) is 0.353. The molecule has 1 aromatic carbocycles. The van der Waals surface area contributed by atoms with E-state index in [1.807, 2.05) is 25.1 Å². The van der Waals surface area contributed by atoms with Crippen molar-refractivity contribution >= 4 is 17.7 Å². The minimum atomic E-state index is -0.415. The zero-order valence-corrected chi connectivity index (χ0v) is 15.2. The molecule has 2 rings (SSSR count). The maximum atomic E-state index is 11.9. The van der Waals surface area contributed by atoms with Crippen molar-refractivity contribution in [2.24, 2.45) is 0 Å². The Bertz CT molecular complexity index is 792. The topological polar surface area (TPSA) is 93.3 Å². The second-order valence-corrected chi connectivity index (χ2v) is 6.26. The van der Waals surface area contributed by atoms with Gasteiger partial charge in [-0.2, -0.15) is 0 Å². The average Bonchev–Trinajstić information content (AvgIpc) is 2.62. The number of benzene rings is 1. The third-order valence-electron chi connectivity index (χ3n) is 3.49. The van der Waals surface area contributed by atoms with E-state index in [0.717, 1.165) is 11.1 Å². The van der Waals surface area contributed by atoms with Gasteiger partial charge >= 0.3 is 5.69 Å². The lowest BCUT2D eigenvalue weighted by Gasteiger charge is -2.10. The summed E-state index contributed by atoms with van der Waals surface area (Å²) in [7, 11) is 3.18. The molecule has 2 aromatic rings. The summed E-state index contributed by atoms with van der Waals surface area (Å²) in [6.07, 6.45) is 2.18. The van der Waals surface area contributed by atoms with Gasteiger partial charge in [-0.25, -0.2) is 9.78 Å². The van der Waals surface area contributed by atoms with E-state index >= 15 is 0 Å². The van der Waals surface area contributed by atoms with Crippen LogP contribution in [0.15, 0.2) is 34.2 Å². The number of carbonyl (C=O) groups excluding carboxylic acids is 1. The SMILES string of the molecule is COc1ccc(CCNC(=O)CSc2[nH]c(=O)ncc2C)cc1OC. The van der Waals surface area contributed by atoms with E-state index in [0.29, 0.717) is 29.5 Å². The Hall–Kier alpha value is -2.48. The molecule has 0 fully saturated rings. The third kappa shape index (κ3) is 5.53. The van der Waals surface area contributed by atoms with Crippen molar-refractivity contribution in [2.75, 3.05) is 26.5 Å². The number of methoxy groups -OCH3 is 2. The number of aromatic amines is 1. The molecule has 0 bridgehead atoms. The Kier molecular flexibility index (Phi) is 6.88. The molecule has 0 aliphatic carbocycles. The summed E-state index contributed by atoms with van der Waals surface area (Å²) in [6.45, 7) is 2.35. The third-order valence-corrected chi connectivity index (χ3v) is 4.60. The van der Waals surface area contributed by atoms with E-state index in [2.05, 4.69) is 15.3 Å². The number of H-pyrrole nitrogens is 1. The molecule has 0 saturated heterocycles. The van der Waals surface area contributed by atoms with Gasteiger partial charge in [0.15, 0.2) is 11.5 Å². The van der Waals surface area contributed by atoms with E-state index in [4.69, 9.17) is 9.47 Å². The Morgan fingerprint density at radius 1 is 1.28 bits per heavy atom. The van der Waals surface area contributed by atoms with Crippen LogP contribution in [0.3, 0.4) is 0 Å². The van der Waals surface area contributed by atoms with Crippen molar-refractivity contribution in [1.29, 1.82) is 0 Å². The number of carbonyl (C=O) groups is 1. The molecule has 1 amide bonds. The normalized spacial score (nSPS) is 10.4. The molecule has 8 heteroatoms. The van der Waals surface area contributed by atoms with Gasteiger partial charge in [0.25, 0.3) is 0 Å². The van der Waals surface area contributed by atoms with Crippen LogP contribution in [-0.2, 0) is 11.2 Å². The second-order valence-electron chi connectivity index (χ2n) is 5.28. The lowest BCUT2D eigenvalue weighted by atomic mass is 10.1. The lowest BCUT2D eigenvalue weighted by molar-refractivity contribution is -0.118. The maximum Gasteiger partial charge on any atom is 0.345 e. The van der Waals surface area contributed by atoms with Crippen molar-refractivity contribution < 1.29 is 14.3 Å². The highest BCUT2D eigenvalue weighted by Crippen LogP contribution is 2.27. The highest BCUT2D eigenvalue weighted by molar-refractivity contribution is 7.99. The largest absolute Gasteiger partial charge is 0.493 e. The van der Waals surface area contributed by atoms with Crippen LogP contribution in [0.5, 0.6) is 11.5 Å². The number of thioether (sulfide) groups is 1. The van der Waals surface area contributed by atoms with Gasteiger partial charge in [-0.1, -0.05) is 17.8 Å². The second kappa shape index (κ2) is 9.12. The van der Waals surface area contributed by atoms with E-state index in [9.17, 15) is 9.59 Å². The van der Waals surface area contributed by atoms with Crippen LogP contribution in [0.1, 0.15) is 11.1 Å². The van der Waals surface area contributed by atoms with Crippen LogP contribution in [0, 0.1) is 6.92 Å². The number of amides is 1. The molecule has 7 nitrogen and oxygen atoms in total. The fourth-order valence-electron chi connectivity index (χ4n) is 2.16. The first-order valence-electron chi connectivity index (χ1n) is 7.69. The first-order valence-corrected chi connectivity index (χ1v) is 8.68. The standard InChI is InChI=1S/C17H21N3O4S/c1-11-9-19-17(22)20-16(11)25-10-15(21)18-7-6-12-4-5-13(23-2)14(8-12)24-3/h4-5,8-9H,6-7,10H2,1-3H3,(H,18,21)(H,19,20,22). The number of ether oxygens (including phenoxy) is 2. The highest BCUT2D eigenvalue weighted by atomic mass is 32.2. The number of hydrogen-bond acceptors (Lipinski definition) is 6.